The number of benzene rings is 1. The highest BCUT2D eigenvalue weighted by Gasteiger charge is 2.42. The van der Waals surface area contributed by atoms with Gasteiger partial charge in [-0.25, -0.2) is 4.79 Å². The van der Waals surface area contributed by atoms with Crippen LogP contribution < -0.4 is 10.6 Å². The van der Waals surface area contributed by atoms with Crippen LogP contribution in [0.15, 0.2) is 18.2 Å². The maximum absolute atomic E-state index is 13.4. The molecule has 6 nitrogen and oxygen atoms in total. The minimum absolute atomic E-state index is 0.0163. The van der Waals surface area contributed by atoms with Crippen LogP contribution in [0.5, 0.6) is 0 Å². The van der Waals surface area contributed by atoms with Crippen LogP contribution >= 0.6 is 0 Å². The van der Waals surface area contributed by atoms with Crippen LogP contribution in [0.1, 0.15) is 80.9 Å². The van der Waals surface area contributed by atoms with E-state index in [-0.39, 0.29) is 18.0 Å². The van der Waals surface area contributed by atoms with Crippen molar-refractivity contribution in [3.8, 4) is 0 Å². The van der Waals surface area contributed by atoms with Gasteiger partial charge in [-0.05, 0) is 76.5 Å². The van der Waals surface area contributed by atoms with Gasteiger partial charge in [0, 0.05) is 45.3 Å². The van der Waals surface area contributed by atoms with Crippen molar-refractivity contribution >= 4 is 6.03 Å². The number of nitrogens with one attached hydrogen (secondary N) is 2. The molecular formula is C29H49N3O3. The lowest BCUT2D eigenvalue weighted by atomic mass is 9.72. The molecule has 1 aliphatic heterocycles. The number of hydrogen-bond donors (Lipinski definition) is 3. The van der Waals surface area contributed by atoms with Crippen molar-refractivity contribution < 1.29 is 14.6 Å². The van der Waals surface area contributed by atoms with Crippen LogP contribution in [0.2, 0.25) is 0 Å². The molecule has 35 heavy (non-hydrogen) atoms. The van der Waals surface area contributed by atoms with Crippen LogP contribution in [0.4, 0.5) is 4.79 Å². The Labute approximate surface area is 213 Å². The van der Waals surface area contributed by atoms with Crippen molar-refractivity contribution in [2.24, 2.45) is 11.8 Å². The van der Waals surface area contributed by atoms with E-state index in [2.05, 4.69) is 42.7 Å². The number of likely N-dealkylation sites (tertiary alicyclic amines) is 1. The minimum Gasteiger partial charge on any atom is -0.385 e. The Bertz CT molecular complexity index is 795. The second-order valence-corrected chi connectivity index (χ2v) is 11.1. The number of hydrogen-bond acceptors (Lipinski definition) is 4. The van der Waals surface area contributed by atoms with Gasteiger partial charge in [0.15, 0.2) is 0 Å². The zero-order chi connectivity index (χ0) is 25.3. The third kappa shape index (κ3) is 7.68. The largest absolute Gasteiger partial charge is 0.385 e. The molecule has 0 unspecified atom stereocenters. The molecule has 1 saturated carbocycles. The Morgan fingerprint density at radius 3 is 2.69 bits per heavy atom. The van der Waals surface area contributed by atoms with Gasteiger partial charge < -0.3 is 25.4 Å². The molecule has 3 atom stereocenters. The summed E-state index contributed by atoms with van der Waals surface area (Å²) >= 11 is 0. The topological polar surface area (TPSA) is 73.8 Å². The molecule has 0 spiro atoms. The fraction of sp³-hybridized carbons (Fsp3) is 0.759. The van der Waals surface area contributed by atoms with E-state index in [1.54, 1.807) is 7.11 Å². The number of aliphatic hydroxyl groups is 1. The Kier molecular flexibility index (Phi) is 10.9. The number of rotatable bonds is 12. The first-order chi connectivity index (χ1) is 16.9. The first-order valence-corrected chi connectivity index (χ1v) is 13.9. The van der Waals surface area contributed by atoms with E-state index < -0.39 is 5.60 Å². The predicted molar refractivity (Wildman–Crippen MR) is 143 cm³/mol. The summed E-state index contributed by atoms with van der Waals surface area (Å²) in [6.07, 6.45) is 10.6. The molecule has 1 aliphatic carbocycles. The fourth-order valence-corrected chi connectivity index (χ4v) is 6.31. The standard InChI is InChI=1S/C29H49N3O3/c1-22-13-14-23(2)27(18-22)29(34,15-7-8-17-35-4)25-12-9-16-32(21-25)28(33)31-26(20-30-3)19-24-10-5-6-11-24/h13-14,18,24-26,30,34H,5-12,15-17,19-21H2,1-4H3,(H,31,33)/t25-,26+,29+/m1/s1. The SMILES string of the molecule is CNC[C@H](CC1CCCC1)NC(=O)N1CCC[C@@H]([C@@](O)(CCCCOC)c2cc(C)ccc2C)C1. The van der Waals surface area contributed by atoms with Gasteiger partial charge in [-0.3, -0.25) is 0 Å². The molecule has 1 aromatic carbocycles. The lowest BCUT2D eigenvalue weighted by Gasteiger charge is -2.44. The van der Waals surface area contributed by atoms with Crippen LogP contribution in [-0.4, -0.2) is 62.5 Å². The third-order valence-electron chi connectivity index (χ3n) is 8.27. The number of aryl methyl sites for hydroxylation is 2. The van der Waals surface area contributed by atoms with E-state index >= 15 is 0 Å². The Morgan fingerprint density at radius 1 is 1.20 bits per heavy atom. The fourth-order valence-electron chi connectivity index (χ4n) is 6.31. The molecule has 2 fully saturated rings. The number of nitrogens with zero attached hydrogens (tertiary/aromatic N) is 1. The van der Waals surface area contributed by atoms with Crippen LogP contribution in [0.25, 0.3) is 0 Å². The van der Waals surface area contributed by atoms with Gasteiger partial charge in [-0.1, -0.05) is 49.4 Å². The van der Waals surface area contributed by atoms with E-state index in [1.165, 1.54) is 25.7 Å². The normalized spacial score (nSPS) is 21.6. The van der Waals surface area contributed by atoms with E-state index in [4.69, 9.17) is 4.74 Å². The smallest absolute Gasteiger partial charge is 0.317 e. The molecule has 1 heterocycles. The maximum Gasteiger partial charge on any atom is 0.317 e. The van der Waals surface area contributed by atoms with Gasteiger partial charge in [0.2, 0.25) is 0 Å². The van der Waals surface area contributed by atoms with Crippen molar-refractivity contribution in [1.29, 1.82) is 0 Å². The molecule has 0 bridgehead atoms. The number of piperidine rings is 1. The number of methoxy groups -OCH3 is 1. The first-order valence-electron chi connectivity index (χ1n) is 13.9. The molecule has 2 amide bonds. The molecule has 0 aromatic heterocycles. The zero-order valence-electron chi connectivity index (χ0n) is 22.6. The Balaban J connectivity index is 1.73. The molecular weight excluding hydrogens is 438 g/mol. The van der Waals surface area contributed by atoms with E-state index in [0.29, 0.717) is 19.6 Å². The van der Waals surface area contributed by atoms with Gasteiger partial charge >= 0.3 is 6.03 Å². The lowest BCUT2D eigenvalue weighted by molar-refractivity contribution is -0.0568. The Hall–Kier alpha value is -1.63. The van der Waals surface area contributed by atoms with Crippen molar-refractivity contribution in [3.63, 3.8) is 0 Å². The van der Waals surface area contributed by atoms with Gasteiger partial charge in [0.1, 0.15) is 0 Å². The van der Waals surface area contributed by atoms with Gasteiger partial charge in [-0.2, -0.15) is 0 Å². The van der Waals surface area contributed by atoms with Crippen LogP contribution in [0.3, 0.4) is 0 Å². The average Bonchev–Trinajstić information content (AvgIpc) is 3.36. The van der Waals surface area contributed by atoms with Crippen molar-refractivity contribution in [3.05, 3.63) is 34.9 Å². The number of ether oxygens (including phenoxy) is 1. The van der Waals surface area contributed by atoms with Gasteiger partial charge in [0.05, 0.1) is 5.60 Å². The van der Waals surface area contributed by atoms with E-state index in [0.717, 1.165) is 67.8 Å². The Morgan fingerprint density at radius 2 is 1.97 bits per heavy atom. The molecule has 0 radical (unpaired) electrons. The minimum atomic E-state index is -0.947. The summed E-state index contributed by atoms with van der Waals surface area (Å²) in [6, 6.07) is 6.55. The highest BCUT2D eigenvalue weighted by Crippen LogP contribution is 2.41. The molecule has 6 heteroatoms. The summed E-state index contributed by atoms with van der Waals surface area (Å²) in [5.41, 5.74) is 2.36. The number of unbranched alkanes of at least 4 members (excludes halogenated alkanes) is 1. The highest BCUT2D eigenvalue weighted by molar-refractivity contribution is 5.74. The third-order valence-corrected chi connectivity index (χ3v) is 8.27. The van der Waals surface area contributed by atoms with Crippen molar-refractivity contribution in [1.82, 2.24) is 15.5 Å². The zero-order valence-corrected chi connectivity index (χ0v) is 22.6. The molecule has 3 rings (SSSR count). The van der Waals surface area contributed by atoms with Crippen molar-refractivity contribution in [2.45, 2.75) is 89.7 Å². The number of carbonyl (C=O) groups excluding carboxylic acids is 1. The quantitative estimate of drug-likeness (QED) is 0.367. The predicted octanol–water partition coefficient (Wildman–Crippen LogP) is 4.90. The van der Waals surface area contributed by atoms with E-state index in [1.807, 2.05) is 11.9 Å². The van der Waals surface area contributed by atoms with Crippen molar-refractivity contribution in [2.75, 3.05) is 40.4 Å². The maximum atomic E-state index is 13.4. The lowest BCUT2D eigenvalue weighted by Crippen LogP contribution is -2.54. The summed E-state index contributed by atoms with van der Waals surface area (Å²) in [6.45, 7) is 7.02. The van der Waals surface area contributed by atoms with Crippen LogP contribution in [0, 0.1) is 25.7 Å². The van der Waals surface area contributed by atoms with E-state index in [9.17, 15) is 9.90 Å². The highest BCUT2D eigenvalue weighted by atomic mass is 16.5. The summed E-state index contributed by atoms with van der Waals surface area (Å²) in [5, 5.41) is 18.9. The number of urea groups is 1. The average molecular weight is 488 g/mol. The molecule has 2 aliphatic rings. The second kappa shape index (κ2) is 13.6. The number of amides is 2. The molecule has 198 valence electrons. The van der Waals surface area contributed by atoms with Gasteiger partial charge in [-0.15, -0.1) is 0 Å². The molecule has 1 aromatic rings. The summed E-state index contributed by atoms with van der Waals surface area (Å²) in [7, 11) is 3.68. The summed E-state index contributed by atoms with van der Waals surface area (Å²) in [5.74, 6) is 0.742. The number of likely N-dealkylation sites (N-methyl/N-ethyl adjacent to an activating group) is 1. The summed E-state index contributed by atoms with van der Waals surface area (Å²) < 4.78 is 5.26. The molecule has 1 saturated heterocycles. The first kappa shape index (κ1) is 27.9. The molecule has 3 N–H and O–H groups in total. The van der Waals surface area contributed by atoms with Gasteiger partial charge in [0.25, 0.3) is 0 Å². The van der Waals surface area contributed by atoms with Crippen LogP contribution in [-0.2, 0) is 10.3 Å². The number of carbonyl (C=O) groups is 1. The summed E-state index contributed by atoms with van der Waals surface area (Å²) in [4.78, 5) is 15.3. The monoisotopic (exact) mass is 487 g/mol. The second-order valence-electron chi connectivity index (χ2n) is 11.1.